The van der Waals surface area contributed by atoms with E-state index in [1.165, 1.54) is 114 Å². The number of alkyl halides is 4. The summed E-state index contributed by atoms with van der Waals surface area (Å²) in [7, 11) is 13.2. The number of carbonyl (C=O) groups excluding carboxylic acids is 12. The molecule has 1 spiro atoms. The van der Waals surface area contributed by atoms with Crippen LogP contribution in [0.3, 0.4) is 0 Å². The molecule has 7 aliphatic rings. The van der Waals surface area contributed by atoms with Gasteiger partial charge < -0.3 is 60.0 Å². The Hall–Kier alpha value is -6.28. The number of amides is 12. The first-order chi connectivity index (χ1) is 49.3. The number of nitrogens with one attached hydrogen (secondary N) is 3. The van der Waals surface area contributed by atoms with Crippen LogP contribution in [0.25, 0.3) is 0 Å². The molecule has 24 nitrogen and oxygen atoms in total. The molecule has 0 aromatic carbocycles. The van der Waals surface area contributed by atoms with Gasteiger partial charge in [0.25, 0.3) is 0 Å². The van der Waals surface area contributed by atoms with Crippen molar-refractivity contribution in [2.75, 3.05) is 76.5 Å². The topological polar surface area (TPSA) is 270 Å². The third kappa shape index (κ3) is 21.0. The van der Waals surface area contributed by atoms with Crippen LogP contribution in [0, 0.1) is 47.3 Å². The Bertz CT molecular complexity index is 3070. The molecule has 7 fully saturated rings. The molecule has 15 atom stereocenters. The molecule has 7 rings (SSSR count). The third-order valence-electron chi connectivity index (χ3n) is 25.4. The maximum atomic E-state index is 15.9. The fourth-order valence-electron chi connectivity index (χ4n) is 17.9. The summed E-state index contributed by atoms with van der Waals surface area (Å²) in [6.45, 7) is 10.6. The monoisotopic (exact) mass is 1500 g/mol. The molecular formula is C77H126ClF3N12O12. The first-order valence-electron chi connectivity index (χ1n) is 39.3. The minimum atomic E-state index is -4.52. The number of hydrogen-bond donors (Lipinski definition) is 3. The van der Waals surface area contributed by atoms with E-state index in [9.17, 15) is 41.9 Å². The van der Waals surface area contributed by atoms with E-state index in [1.807, 2.05) is 20.8 Å². The molecule has 0 aromatic rings. The molecule has 5 saturated carbocycles. The van der Waals surface area contributed by atoms with Gasteiger partial charge in [0.05, 0.1) is 18.9 Å². The standard InChI is InChI=1S/C77H126ClF3N12O12/c1-16-47(4)64-73(103)87(10)49(6)68(98)93-39-36-57(93)72(102)90(13)60(42-50-27-18-17-19-28-50)71(101)86(9)45-62(94)82-56(35-33-51-32-34-54(55(78)41-51)77(79,80)81)69(99)89(12)59(43-53-31-21-20-26-48(53)5)67(97)84-76(37-24-25-38-76)75(105)92(15)65(52-29-22-23-30-52)74(104)91(14)61(70(100)85(7)8)44-63(95)88(11)58(40-46(2)3)66(96)83-64/h46-61,64-65H,16-45H2,1-15H3,(H,82,94)(H,83,96)(H,84,97)/t47-,48?,49-,51?,53?,54?,55?,56-,57-,58-,59-,60-,61-,64-,65-/m0/s1. The smallest absolute Gasteiger partial charge is 0.347 e. The molecule has 0 radical (unpaired) electrons. The van der Waals surface area contributed by atoms with Crippen molar-refractivity contribution < 1.29 is 70.7 Å². The highest BCUT2D eigenvalue weighted by molar-refractivity contribution is 6.21. The van der Waals surface area contributed by atoms with Gasteiger partial charge in [-0.25, -0.2) is 0 Å². The lowest BCUT2D eigenvalue weighted by atomic mass is 9.76. The van der Waals surface area contributed by atoms with Crippen LogP contribution in [0.1, 0.15) is 221 Å². The molecule has 0 bridgehead atoms. The summed E-state index contributed by atoms with van der Waals surface area (Å²) in [5.74, 6) is -10.6. The zero-order valence-corrected chi connectivity index (χ0v) is 66.3. The molecular weight excluding hydrogens is 1380 g/mol. The summed E-state index contributed by atoms with van der Waals surface area (Å²) in [4.78, 5) is 194. The SMILES string of the molecule is CC[C@H](C)[C@@H]1NC(=O)[C@H](CC(C)C)N(C)C(=O)C[C@@H](C(=O)N(C)C)N(C)C(=O)[C@H](C2CCCC2)N(C)C(=O)C2(CCCC2)NC(=O)[C@H](CC2CCCCC2C)N(C)C(=O)[C@H](CCC2CCC(C(F)(F)F)C(Cl)C2)NC(=O)CN(C)C(=O)[C@H](CC2CCCCC2)N(C)C(=O)[C@@H]2CCN2C(=O)[C@H](C)N(C)C1=O. The second kappa shape index (κ2) is 37.7. The molecule has 28 heteroatoms. The summed E-state index contributed by atoms with van der Waals surface area (Å²) >= 11 is 6.48. The Labute approximate surface area is 627 Å². The number of carbonyl (C=O) groups is 12. The lowest BCUT2D eigenvalue weighted by molar-refractivity contribution is -0.182. The average molecular weight is 1500 g/mol. The van der Waals surface area contributed by atoms with Crippen LogP contribution in [0.2, 0.25) is 0 Å². The number of halogens is 4. The van der Waals surface area contributed by atoms with E-state index in [0.717, 1.165) is 70.6 Å². The summed E-state index contributed by atoms with van der Waals surface area (Å²) in [6, 6.07) is -10.9. The van der Waals surface area contributed by atoms with Gasteiger partial charge in [0, 0.05) is 75.4 Å². The van der Waals surface area contributed by atoms with Crippen LogP contribution < -0.4 is 16.0 Å². The second-order valence-corrected chi connectivity index (χ2v) is 33.8. The van der Waals surface area contributed by atoms with Crippen molar-refractivity contribution in [3.05, 3.63) is 0 Å². The van der Waals surface area contributed by atoms with E-state index < -0.39 is 173 Å². The zero-order chi connectivity index (χ0) is 77.9. The summed E-state index contributed by atoms with van der Waals surface area (Å²) in [5.41, 5.74) is -1.59. The summed E-state index contributed by atoms with van der Waals surface area (Å²) < 4.78 is 42.5. The molecule has 12 amide bonds. The molecule has 5 aliphatic carbocycles. The fourth-order valence-corrected chi connectivity index (χ4v) is 18.4. The Kier molecular flexibility index (Phi) is 30.9. The van der Waals surface area contributed by atoms with E-state index in [2.05, 4.69) is 22.9 Å². The van der Waals surface area contributed by atoms with Crippen LogP contribution in [0.15, 0.2) is 0 Å². The van der Waals surface area contributed by atoms with Gasteiger partial charge in [0.2, 0.25) is 70.9 Å². The van der Waals surface area contributed by atoms with Crippen LogP contribution >= 0.6 is 11.6 Å². The van der Waals surface area contributed by atoms with Gasteiger partial charge >= 0.3 is 6.18 Å². The molecule has 594 valence electrons. The van der Waals surface area contributed by atoms with Crippen LogP contribution in [0.4, 0.5) is 13.2 Å². The Morgan fingerprint density at radius 1 is 0.610 bits per heavy atom. The van der Waals surface area contributed by atoms with Gasteiger partial charge in [-0.05, 0) is 132 Å². The number of nitrogens with zero attached hydrogens (tertiary/aromatic N) is 9. The van der Waals surface area contributed by atoms with Gasteiger partial charge in [0.1, 0.15) is 59.9 Å². The Morgan fingerprint density at radius 2 is 1.22 bits per heavy atom. The second-order valence-electron chi connectivity index (χ2n) is 33.2. The first kappa shape index (κ1) is 86.0. The van der Waals surface area contributed by atoms with Crippen LogP contribution in [-0.2, 0) is 57.5 Å². The van der Waals surface area contributed by atoms with Crippen molar-refractivity contribution >= 4 is 82.5 Å². The molecule has 5 unspecified atom stereocenters. The van der Waals surface area contributed by atoms with E-state index in [4.69, 9.17) is 11.6 Å². The fraction of sp³-hybridized carbons (Fsp3) is 0.844. The van der Waals surface area contributed by atoms with Gasteiger partial charge in [-0.15, -0.1) is 11.6 Å². The largest absolute Gasteiger partial charge is 0.393 e. The molecule has 2 saturated heterocycles. The van der Waals surface area contributed by atoms with Crippen molar-refractivity contribution in [1.29, 1.82) is 0 Å². The molecule has 3 N–H and O–H groups in total. The van der Waals surface area contributed by atoms with Crippen LogP contribution in [0.5, 0.6) is 0 Å². The molecule has 0 aromatic heterocycles. The average Bonchev–Trinajstić information content (AvgIpc) is 1.77. The van der Waals surface area contributed by atoms with Crippen molar-refractivity contribution in [1.82, 2.24) is 60.0 Å². The van der Waals surface area contributed by atoms with Crippen molar-refractivity contribution in [2.45, 2.75) is 293 Å². The minimum absolute atomic E-state index is 0.00579. The highest BCUT2D eigenvalue weighted by Gasteiger charge is 2.53. The normalized spacial score (nSPS) is 31.8. The maximum Gasteiger partial charge on any atom is 0.393 e. The molecule has 105 heavy (non-hydrogen) atoms. The Balaban J connectivity index is 1.32. The zero-order valence-electron chi connectivity index (χ0n) is 65.5. The third-order valence-corrected chi connectivity index (χ3v) is 25.8. The number of likely N-dealkylation sites (N-methyl/N-ethyl adjacent to an activating group) is 8. The summed E-state index contributed by atoms with van der Waals surface area (Å²) in [5, 5.41) is 7.79. The minimum Gasteiger partial charge on any atom is -0.347 e. The maximum absolute atomic E-state index is 15.9. The summed E-state index contributed by atoms with van der Waals surface area (Å²) in [6.07, 6.45) is 7.90. The van der Waals surface area contributed by atoms with Gasteiger partial charge in [-0.1, -0.05) is 125 Å². The number of hydrogen-bond acceptors (Lipinski definition) is 12. The van der Waals surface area contributed by atoms with Crippen LogP contribution in [-0.4, -0.2) is 263 Å². The Morgan fingerprint density at radius 3 is 1.79 bits per heavy atom. The van der Waals surface area contributed by atoms with E-state index >= 15 is 28.8 Å². The van der Waals surface area contributed by atoms with E-state index in [-0.39, 0.29) is 107 Å². The first-order valence-corrected chi connectivity index (χ1v) is 39.8. The van der Waals surface area contributed by atoms with Crippen molar-refractivity contribution in [3.8, 4) is 0 Å². The van der Waals surface area contributed by atoms with Crippen molar-refractivity contribution in [3.63, 3.8) is 0 Å². The van der Waals surface area contributed by atoms with Gasteiger partial charge in [0.15, 0.2) is 0 Å². The predicted octanol–water partition coefficient (Wildman–Crippen LogP) is 7.75. The predicted molar refractivity (Wildman–Crippen MR) is 393 cm³/mol. The van der Waals surface area contributed by atoms with Gasteiger partial charge in [-0.3, -0.25) is 57.5 Å². The number of rotatable bonds is 13. The number of fused-ring (bicyclic) bond motifs is 1. The van der Waals surface area contributed by atoms with Crippen molar-refractivity contribution in [2.24, 2.45) is 47.3 Å². The quantitative estimate of drug-likeness (QED) is 0.149. The van der Waals surface area contributed by atoms with E-state index in [0.29, 0.717) is 32.1 Å². The van der Waals surface area contributed by atoms with Gasteiger partial charge in [-0.2, -0.15) is 13.2 Å². The highest BCUT2D eigenvalue weighted by atomic mass is 35.5. The molecule has 2 aliphatic heterocycles. The lowest BCUT2D eigenvalue weighted by Crippen LogP contribution is -2.65. The van der Waals surface area contributed by atoms with E-state index in [1.54, 1.807) is 6.92 Å². The molecule has 2 heterocycles. The highest BCUT2D eigenvalue weighted by Crippen LogP contribution is 2.44. The lowest BCUT2D eigenvalue weighted by Gasteiger charge is -2.45.